The van der Waals surface area contributed by atoms with Gasteiger partial charge in [-0.15, -0.1) is 0 Å². The largest absolute Gasteiger partial charge is 0.462 e. The molecule has 4 rings (SSSR count). The van der Waals surface area contributed by atoms with Crippen LogP contribution in [0.2, 0.25) is 0 Å². The van der Waals surface area contributed by atoms with Crippen molar-refractivity contribution in [3.63, 3.8) is 0 Å². The van der Waals surface area contributed by atoms with Gasteiger partial charge in [0.05, 0.1) is 12.0 Å². The van der Waals surface area contributed by atoms with Gasteiger partial charge in [-0.05, 0) is 57.0 Å². The fraction of sp³-hybridized carbons (Fsp3) is 0.185. The summed E-state index contributed by atoms with van der Waals surface area (Å²) >= 11 is 0. The number of ether oxygens (including phenoxy) is 1. The van der Waals surface area contributed by atoms with Crippen LogP contribution in [0.3, 0.4) is 0 Å². The lowest BCUT2D eigenvalue weighted by Gasteiger charge is -2.08. The zero-order valence-electron chi connectivity index (χ0n) is 20.2. The van der Waals surface area contributed by atoms with Crippen molar-refractivity contribution in [3.8, 4) is 11.3 Å². The lowest BCUT2D eigenvalue weighted by atomic mass is 10.1. The number of hydrogen-bond acceptors (Lipinski definition) is 7. The number of fused-ring (bicyclic) bond motifs is 1. The van der Waals surface area contributed by atoms with Crippen LogP contribution in [0, 0.1) is 20.8 Å². The van der Waals surface area contributed by atoms with E-state index in [1.165, 1.54) is 25.1 Å². The van der Waals surface area contributed by atoms with Crippen LogP contribution in [0.1, 0.15) is 54.9 Å². The Balaban J connectivity index is 1.63. The highest BCUT2D eigenvalue weighted by Gasteiger charge is 2.29. The number of esters is 1. The highest BCUT2D eigenvalue weighted by molar-refractivity contribution is 6.12. The molecule has 2 aromatic carbocycles. The predicted molar refractivity (Wildman–Crippen MR) is 133 cm³/mol. The molecule has 0 atom stereocenters. The third-order valence-corrected chi connectivity index (χ3v) is 5.63. The van der Waals surface area contributed by atoms with Crippen LogP contribution in [0.25, 0.3) is 22.3 Å². The Morgan fingerprint density at radius 3 is 2.31 bits per heavy atom. The van der Waals surface area contributed by atoms with Crippen LogP contribution in [0.5, 0.6) is 0 Å². The molecule has 0 aliphatic rings. The molecule has 0 saturated carbocycles. The number of nitrogens with one attached hydrogen (secondary N) is 1. The van der Waals surface area contributed by atoms with Gasteiger partial charge >= 0.3 is 5.97 Å². The van der Waals surface area contributed by atoms with Crippen molar-refractivity contribution in [2.24, 2.45) is 5.73 Å². The summed E-state index contributed by atoms with van der Waals surface area (Å²) in [6, 6.07) is 11.5. The van der Waals surface area contributed by atoms with Gasteiger partial charge < -0.3 is 19.3 Å². The molecule has 36 heavy (non-hydrogen) atoms. The maximum absolute atomic E-state index is 12.8. The number of benzene rings is 2. The van der Waals surface area contributed by atoms with Crippen molar-refractivity contribution in [3.05, 3.63) is 86.3 Å². The number of carbonyl (C=O) groups is 3. The Labute approximate surface area is 205 Å². The maximum Gasteiger partial charge on any atom is 0.342 e. The first-order chi connectivity index (χ1) is 17.1. The highest BCUT2D eigenvalue weighted by atomic mass is 16.5. The summed E-state index contributed by atoms with van der Waals surface area (Å²) in [5, 5.41) is 2.99. The third kappa shape index (κ3) is 4.50. The molecule has 184 valence electrons. The normalized spacial score (nSPS) is 10.9. The molecule has 0 saturated heterocycles. The van der Waals surface area contributed by atoms with Gasteiger partial charge in [0.15, 0.2) is 5.43 Å². The molecule has 9 heteroatoms. The standard InChI is InChI=1S/C27H24N2O7/c1-5-34-27(33)21-15(4)35-26(22(21)24(28)31)29-25(32)17-8-6-16(7-9-17)20-12-19(30)18-11-13(2)10-14(3)23(18)36-20/h6-12H,5H2,1-4H3,(H2,28,31)(H,29,32). The Morgan fingerprint density at radius 2 is 1.67 bits per heavy atom. The third-order valence-electron chi connectivity index (χ3n) is 5.63. The molecule has 0 fully saturated rings. The number of amides is 2. The predicted octanol–water partition coefficient (Wildman–Crippen LogP) is 4.51. The Bertz CT molecular complexity index is 1580. The lowest BCUT2D eigenvalue weighted by molar-refractivity contribution is 0.0521. The molecule has 4 aromatic rings. The molecule has 2 amide bonds. The smallest absolute Gasteiger partial charge is 0.342 e. The van der Waals surface area contributed by atoms with Crippen LogP contribution >= 0.6 is 0 Å². The summed E-state index contributed by atoms with van der Waals surface area (Å²) < 4.78 is 16.4. The lowest BCUT2D eigenvalue weighted by Crippen LogP contribution is -2.20. The fourth-order valence-corrected chi connectivity index (χ4v) is 4.03. The van der Waals surface area contributed by atoms with E-state index in [4.69, 9.17) is 19.3 Å². The van der Waals surface area contributed by atoms with Crippen molar-refractivity contribution in [2.45, 2.75) is 27.7 Å². The number of rotatable bonds is 6. The van der Waals surface area contributed by atoms with Crippen molar-refractivity contribution in [2.75, 3.05) is 11.9 Å². The minimum Gasteiger partial charge on any atom is -0.462 e. The Morgan fingerprint density at radius 1 is 0.972 bits per heavy atom. The zero-order chi connectivity index (χ0) is 26.1. The first-order valence-corrected chi connectivity index (χ1v) is 11.2. The highest BCUT2D eigenvalue weighted by Crippen LogP contribution is 2.29. The summed E-state index contributed by atoms with van der Waals surface area (Å²) in [5.41, 5.74) is 8.04. The summed E-state index contributed by atoms with van der Waals surface area (Å²) in [6.07, 6.45) is 0. The van der Waals surface area contributed by atoms with Crippen molar-refractivity contribution in [1.82, 2.24) is 0 Å². The molecule has 0 spiro atoms. The topological polar surface area (TPSA) is 142 Å². The summed E-state index contributed by atoms with van der Waals surface area (Å²) in [6.45, 7) is 6.96. The zero-order valence-corrected chi connectivity index (χ0v) is 20.2. The average Bonchev–Trinajstić information content (AvgIpc) is 3.15. The fourth-order valence-electron chi connectivity index (χ4n) is 4.03. The van der Waals surface area contributed by atoms with Gasteiger partial charge in [-0.2, -0.15) is 0 Å². The van der Waals surface area contributed by atoms with E-state index in [0.717, 1.165) is 11.1 Å². The van der Waals surface area contributed by atoms with Crippen LogP contribution in [-0.2, 0) is 4.74 Å². The number of aryl methyl sites for hydroxylation is 3. The number of carbonyl (C=O) groups excluding carboxylic acids is 3. The number of furan rings is 1. The van der Waals surface area contributed by atoms with Gasteiger partial charge in [0.2, 0.25) is 5.88 Å². The van der Waals surface area contributed by atoms with Crippen LogP contribution < -0.4 is 16.5 Å². The van der Waals surface area contributed by atoms with Gasteiger partial charge in [0.25, 0.3) is 11.8 Å². The van der Waals surface area contributed by atoms with E-state index in [-0.39, 0.29) is 40.4 Å². The minimum atomic E-state index is -0.947. The SMILES string of the molecule is CCOC(=O)c1c(C)oc(NC(=O)c2ccc(-c3cc(=O)c4cc(C)cc(C)c4o3)cc2)c1C(N)=O. The van der Waals surface area contributed by atoms with Gasteiger partial charge in [0.1, 0.15) is 28.2 Å². The number of anilines is 1. The second-order valence-electron chi connectivity index (χ2n) is 8.29. The van der Waals surface area contributed by atoms with E-state index in [9.17, 15) is 19.2 Å². The van der Waals surface area contributed by atoms with E-state index in [0.29, 0.717) is 22.3 Å². The van der Waals surface area contributed by atoms with Gasteiger partial charge in [-0.1, -0.05) is 18.2 Å². The molecule has 2 heterocycles. The molecule has 2 aromatic heterocycles. The molecule has 0 unspecified atom stereocenters. The maximum atomic E-state index is 12.8. The minimum absolute atomic E-state index is 0.0877. The molecule has 9 nitrogen and oxygen atoms in total. The van der Waals surface area contributed by atoms with Gasteiger partial charge in [0, 0.05) is 17.2 Å². The number of hydrogen-bond donors (Lipinski definition) is 2. The Hall–Kier alpha value is -4.66. The number of nitrogens with two attached hydrogens (primary N) is 1. The first-order valence-electron chi connectivity index (χ1n) is 11.2. The van der Waals surface area contributed by atoms with Crippen LogP contribution in [0.4, 0.5) is 5.88 Å². The van der Waals surface area contributed by atoms with Crippen molar-refractivity contribution in [1.29, 1.82) is 0 Å². The second kappa shape index (κ2) is 9.53. The first kappa shape index (κ1) is 24.5. The average molecular weight is 488 g/mol. The van der Waals surface area contributed by atoms with Crippen LogP contribution in [-0.4, -0.2) is 24.4 Å². The van der Waals surface area contributed by atoms with E-state index in [1.54, 1.807) is 25.1 Å². The van der Waals surface area contributed by atoms with Gasteiger partial charge in [-0.3, -0.25) is 19.7 Å². The van der Waals surface area contributed by atoms with Gasteiger partial charge in [-0.25, -0.2) is 4.79 Å². The van der Waals surface area contributed by atoms with Crippen molar-refractivity contribution < 1.29 is 28.0 Å². The molecule has 0 radical (unpaired) electrons. The second-order valence-corrected chi connectivity index (χ2v) is 8.29. The molecule has 0 bridgehead atoms. The van der Waals surface area contributed by atoms with E-state index in [2.05, 4.69) is 5.32 Å². The van der Waals surface area contributed by atoms with E-state index in [1.807, 2.05) is 19.9 Å². The summed E-state index contributed by atoms with van der Waals surface area (Å²) in [5.74, 6) is -2.12. The van der Waals surface area contributed by atoms with E-state index >= 15 is 0 Å². The quantitative estimate of drug-likeness (QED) is 0.380. The molecule has 0 aliphatic carbocycles. The molecular formula is C27H24N2O7. The summed E-state index contributed by atoms with van der Waals surface area (Å²) in [7, 11) is 0. The van der Waals surface area contributed by atoms with Crippen LogP contribution in [0.15, 0.2) is 56.1 Å². The Kier molecular flexibility index (Phi) is 6.48. The monoisotopic (exact) mass is 488 g/mol. The molecule has 0 aliphatic heterocycles. The van der Waals surface area contributed by atoms with E-state index < -0.39 is 17.8 Å². The van der Waals surface area contributed by atoms with Crippen molar-refractivity contribution >= 4 is 34.6 Å². The summed E-state index contributed by atoms with van der Waals surface area (Å²) in [4.78, 5) is 49.8. The molecule has 3 N–H and O–H groups in total. The number of primary amides is 1. The molecular weight excluding hydrogens is 464 g/mol.